The molecule has 2 fully saturated rings. The number of rotatable bonds is 6. The Morgan fingerprint density at radius 1 is 1.07 bits per heavy atom. The molecular weight excluding hydrogens is 362 g/mol. The Hall–Kier alpha value is -1.66. The number of likely N-dealkylation sites (tertiary alicyclic amines) is 1. The number of carbonyl (C=O) groups is 1. The van der Waals surface area contributed by atoms with E-state index in [2.05, 4.69) is 52.7 Å². The molecular formula is C23H39N5O. The largest absolute Gasteiger partial charge is 0.355 e. The van der Waals surface area contributed by atoms with Crippen molar-refractivity contribution in [3.05, 3.63) is 23.9 Å². The number of nitrogens with one attached hydrogen (secondary N) is 1. The van der Waals surface area contributed by atoms with E-state index in [9.17, 15) is 4.79 Å². The Labute approximate surface area is 176 Å². The number of amides is 1. The van der Waals surface area contributed by atoms with Gasteiger partial charge in [0.15, 0.2) is 0 Å². The minimum absolute atomic E-state index is 0.0751. The van der Waals surface area contributed by atoms with Crippen LogP contribution in [0.3, 0.4) is 0 Å². The van der Waals surface area contributed by atoms with Gasteiger partial charge < -0.3 is 15.1 Å². The SMILES string of the molecule is CC(C)CNC(=O)c1cccc(N2CCCN(C3CCN(C(C)C)CC3)CC2)n1. The van der Waals surface area contributed by atoms with Crippen molar-refractivity contribution in [2.24, 2.45) is 5.92 Å². The second kappa shape index (κ2) is 10.4. The van der Waals surface area contributed by atoms with Gasteiger partial charge in [0.2, 0.25) is 0 Å². The quantitative estimate of drug-likeness (QED) is 0.794. The molecule has 162 valence electrons. The monoisotopic (exact) mass is 401 g/mol. The number of anilines is 1. The molecule has 0 atom stereocenters. The van der Waals surface area contributed by atoms with Gasteiger partial charge in [0.25, 0.3) is 5.91 Å². The number of pyridine rings is 1. The number of aromatic nitrogens is 1. The van der Waals surface area contributed by atoms with Gasteiger partial charge in [-0.25, -0.2) is 4.98 Å². The molecule has 1 aromatic heterocycles. The van der Waals surface area contributed by atoms with E-state index in [-0.39, 0.29) is 5.91 Å². The van der Waals surface area contributed by atoms with Gasteiger partial charge in [0, 0.05) is 44.8 Å². The molecule has 0 radical (unpaired) electrons. The first-order valence-electron chi connectivity index (χ1n) is 11.4. The number of hydrogen-bond acceptors (Lipinski definition) is 5. The highest BCUT2D eigenvalue weighted by atomic mass is 16.1. The lowest BCUT2D eigenvalue weighted by Crippen LogP contribution is -2.47. The van der Waals surface area contributed by atoms with E-state index < -0.39 is 0 Å². The van der Waals surface area contributed by atoms with Crippen molar-refractivity contribution >= 4 is 11.7 Å². The summed E-state index contributed by atoms with van der Waals surface area (Å²) in [6.45, 7) is 16.1. The highest BCUT2D eigenvalue weighted by molar-refractivity contribution is 5.92. The van der Waals surface area contributed by atoms with Gasteiger partial charge in [-0.1, -0.05) is 19.9 Å². The number of carbonyl (C=O) groups excluding carboxylic acids is 1. The average Bonchev–Trinajstić information content (AvgIpc) is 2.98. The van der Waals surface area contributed by atoms with Crippen molar-refractivity contribution in [1.82, 2.24) is 20.1 Å². The predicted molar refractivity (Wildman–Crippen MR) is 120 cm³/mol. The van der Waals surface area contributed by atoms with Gasteiger partial charge in [-0.3, -0.25) is 9.69 Å². The average molecular weight is 402 g/mol. The molecule has 0 unspecified atom stereocenters. The van der Waals surface area contributed by atoms with Gasteiger partial charge >= 0.3 is 0 Å². The Morgan fingerprint density at radius 2 is 1.83 bits per heavy atom. The van der Waals surface area contributed by atoms with Crippen molar-refractivity contribution < 1.29 is 4.79 Å². The van der Waals surface area contributed by atoms with Crippen LogP contribution in [-0.2, 0) is 0 Å². The number of nitrogens with zero attached hydrogens (tertiary/aromatic N) is 4. The Balaban J connectivity index is 1.56. The topological polar surface area (TPSA) is 51.7 Å². The molecule has 0 bridgehead atoms. The third kappa shape index (κ3) is 6.16. The molecule has 6 heteroatoms. The van der Waals surface area contributed by atoms with E-state index in [4.69, 9.17) is 0 Å². The molecule has 1 aromatic rings. The van der Waals surface area contributed by atoms with Crippen molar-refractivity contribution in [3.63, 3.8) is 0 Å². The zero-order chi connectivity index (χ0) is 20.8. The predicted octanol–water partition coefficient (Wildman–Crippen LogP) is 2.85. The summed E-state index contributed by atoms with van der Waals surface area (Å²) in [4.78, 5) is 24.7. The smallest absolute Gasteiger partial charge is 0.269 e. The molecule has 6 nitrogen and oxygen atoms in total. The lowest BCUT2D eigenvalue weighted by atomic mass is 10.0. The van der Waals surface area contributed by atoms with Crippen LogP contribution in [0.25, 0.3) is 0 Å². The van der Waals surface area contributed by atoms with E-state index in [1.165, 1.54) is 25.9 Å². The molecule has 2 saturated heterocycles. The van der Waals surface area contributed by atoms with Crippen molar-refractivity contribution in [2.75, 3.05) is 50.7 Å². The number of hydrogen-bond donors (Lipinski definition) is 1. The second-order valence-electron chi connectivity index (χ2n) is 9.22. The summed E-state index contributed by atoms with van der Waals surface area (Å²) in [5, 5.41) is 2.97. The van der Waals surface area contributed by atoms with Gasteiger partial charge in [-0.15, -0.1) is 0 Å². The minimum atomic E-state index is -0.0751. The molecule has 1 N–H and O–H groups in total. The molecule has 1 amide bonds. The van der Waals surface area contributed by atoms with Crippen LogP contribution in [0, 0.1) is 5.92 Å². The standard InChI is InChI=1S/C23H39N5O/c1-18(2)17-24-23(29)21-7-5-8-22(25-21)28-12-6-11-27(15-16-28)20-9-13-26(14-10-20)19(3)4/h5,7-8,18-20H,6,9-17H2,1-4H3,(H,24,29). The maximum absolute atomic E-state index is 12.4. The van der Waals surface area contributed by atoms with Crippen LogP contribution >= 0.6 is 0 Å². The third-order valence-corrected chi connectivity index (χ3v) is 6.24. The summed E-state index contributed by atoms with van der Waals surface area (Å²) in [5.74, 6) is 1.29. The first-order valence-corrected chi connectivity index (χ1v) is 11.4. The second-order valence-corrected chi connectivity index (χ2v) is 9.22. The Bertz CT molecular complexity index is 654. The molecule has 3 rings (SSSR count). The van der Waals surface area contributed by atoms with Crippen molar-refractivity contribution in [3.8, 4) is 0 Å². The van der Waals surface area contributed by atoms with E-state index in [1.807, 2.05) is 18.2 Å². The summed E-state index contributed by atoms with van der Waals surface area (Å²) in [7, 11) is 0. The fourth-order valence-corrected chi connectivity index (χ4v) is 4.41. The highest BCUT2D eigenvalue weighted by Crippen LogP contribution is 2.21. The van der Waals surface area contributed by atoms with E-state index >= 15 is 0 Å². The maximum atomic E-state index is 12.4. The minimum Gasteiger partial charge on any atom is -0.355 e. The molecule has 3 heterocycles. The molecule has 2 aliphatic rings. The summed E-state index contributed by atoms with van der Waals surface area (Å²) in [6, 6.07) is 7.18. The molecule has 29 heavy (non-hydrogen) atoms. The van der Waals surface area contributed by atoms with E-state index in [0.717, 1.165) is 38.4 Å². The van der Waals surface area contributed by atoms with Crippen molar-refractivity contribution in [2.45, 2.75) is 59.0 Å². The zero-order valence-electron chi connectivity index (χ0n) is 18.7. The van der Waals surface area contributed by atoms with E-state index in [0.29, 0.717) is 30.2 Å². The Morgan fingerprint density at radius 3 is 2.52 bits per heavy atom. The summed E-state index contributed by atoms with van der Waals surface area (Å²) in [5.41, 5.74) is 0.519. The van der Waals surface area contributed by atoms with Crippen LogP contribution < -0.4 is 10.2 Å². The normalized spacial score (nSPS) is 20.3. The van der Waals surface area contributed by atoms with Crippen LogP contribution in [0.4, 0.5) is 5.82 Å². The first kappa shape index (κ1) is 22.0. The van der Waals surface area contributed by atoms with Crippen LogP contribution in [0.2, 0.25) is 0 Å². The highest BCUT2D eigenvalue weighted by Gasteiger charge is 2.27. The van der Waals surface area contributed by atoms with E-state index in [1.54, 1.807) is 0 Å². The summed E-state index contributed by atoms with van der Waals surface area (Å²) < 4.78 is 0. The van der Waals surface area contributed by atoms with Gasteiger partial charge in [0.1, 0.15) is 11.5 Å². The fraction of sp³-hybridized carbons (Fsp3) is 0.739. The lowest BCUT2D eigenvalue weighted by Gasteiger charge is -2.39. The fourth-order valence-electron chi connectivity index (χ4n) is 4.41. The van der Waals surface area contributed by atoms with Crippen LogP contribution in [0.1, 0.15) is 57.4 Å². The molecule has 0 aliphatic carbocycles. The maximum Gasteiger partial charge on any atom is 0.269 e. The van der Waals surface area contributed by atoms with Crippen LogP contribution in [0.5, 0.6) is 0 Å². The first-order chi connectivity index (χ1) is 13.9. The number of piperidine rings is 1. The zero-order valence-corrected chi connectivity index (χ0v) is 18.7. The van der Waals surface area contributed by atoms with Gasteiger partial charge in [-0.05, 0) is 64.3 Å². The molecule has 2 aliphatic heterocycles. The van der Waals surface area contributed by atoms with Crippen LogP contribution in [-0.4, -0.2) is 78.6 Å². The molecule has 0 spiro atoms. The van der Waals surface area contributed by atoms with Gasteiger partial charge in [-0.2, -0.15) is 0 Å². The molecule has 0 saturated carbocycles. The van der Waals surface area contributed by atoms with Crippen molar-refractivity contribution in [1.29, 1.82) is 0 Å². The van der Waals surface area contributed by atoms with Crippen LogP contribution in [0.15, 0.2) is 18.2 Å². The Kier molecular flexibility index (Phi) is 7.90. The van der Waals surface area contributed by atoms with Gasteiger partial charge in [0.05, 0.1) is 0 Å². The summed E-state index contributed by atoms with van der Waals surface area (Å²) >= 11 is 0. The summed E-state index contributed by atoms with van der Waals surface area (Å²) in [6.07, 6.45) is 3.71. The lowest BCUT2D eigenvalue weighted by molar-refractivity contribution is 0.0944. The third-order valence-electron chi connectivity index (χ3n) is 6.24. The molecule has 0 aromatic carbocycles.